The third-order valence-corrected chi connectivity index (χ3v) is 5.19. The Kier molecular flexibility index (Phi) is 7.83. The van der Waals surface area contributed by atoms with Crippen LogP contribution in [0.25, 0.3) is 11.5 Å². The molecule has 1 aromatic carbocycles. The van der Waals surface area contributed by atoms with E-state index in [-0.39, 0.29) is 24.0 Å². The van der Waals surface area contributed by atoms with Gasteiger partial charge in [0.1, 0.15) is 24.1 Å². The fourth-order valence-corrected chi connectivity index (χ4v) is 3.57. The predicted molar refractivity (Wildman–Crippen MR) is 127 cm³/mol. The summed E-state index contributed by atoms with van der Waals surface area (Å²) in [4.78, 5) is 16.0. The van der Waals surface area contributed by atoms with E-state index in [1.165, 1.54) is 5.56 Å². The van der Waals surface area contributed by atoms with E-state index in [1.807, 2.05) is 12.1 Å². The van der Waals surface area contributed by atoms with Crippen molar-refractivity contribution >= 4 is 29.9 Å². The number of guanidine groups is 1. The highest BCUT2D eigenvalue weighted by atomic mass is 127. The number of nitrogens with zero attached hydrogens (tertiary/aromatic N) is 5. The van der Waals surface area contributed by atoms with E-state index in [2.05, 4.69) is 56.4 Å². The Bertz CT molecular complexity index is 929. The number of H-pyrrole nitrogens is 1. The summed E-state index contributed by atoms with van der Waals surface area (Å²) >= 11 is 0. The predicted octanol–water partition coefficient (Wildman–Crippen LogP) is 3.73. The topological polar surface area (TPSA) is 95.2 Å². The molecule has 0 unspecified atom stereocenters. The summed E-state index contributed by atoms with van der Waals surface area (Å²) in [6, 6.07) is 8.17. The molecule has 160 valence electrons. The third kappa shape index (κ3) is 5.38. The van der Waals surface area contributed by atoms with Gasteiger partial charge in [0, 0.05) is 31.1 Å². The van der Waals surface area contributed by atoms with Crippen LogP contribution in [0.5, 0.6) is 0 Å². The van der Waals surface area contributed by atoms with Crippen LogP contribution in [0, 0.1) is 6.92 Å². The number of oxazole rings is 1. The van der Waals surface area contributed by atoms with Crippen molar-refractivity contribution in [3.8, 4) is 11.5 Å². The Labute approximate surface area is 193 Å². The van der Waals surface area contributed by atoms with Crippen molar-refractivity contribution in [2.75, 3.05) is 19.6 Å². The van der Waals surface area contributed by atoms with Gasteiger partial charge in [0.25, 0.3) is 0 Å². The Morgan fingerprint density at radius 3 is 2.70 bits per heavy atom. The molecular formula is C21H28IN7O. The van der Waals surface area contributed by atoms with Crippen LogP contribution in [0.15, 0.2) is 46.3 Å². The molecular weight excluding hydrogens is 493 g/mol. The quantitative estimate of drug-likeness (QED) is 0.302. The Balaban J connectivity index is 0.00000256. The highest BCUT2D eigenvalue weighted by Crippen LogP contribution is 2.25. The number of nitrogens with one attached hydrogen (secondary N) is 2. The highest BCUT2D eigenvalue weighted by molar-refractivity contribution is 14.0. The Hall–Kier alpha value is -2.43. The van der Waals surface area contributed by atoms with Gasteiger partial charge < -0.3 is 14.6 Å². The van der Waals surface area contributed by atoms with Crippen LogP contribution >= 0.6 is 24.0 Å². The van der Waals surface area contributed by atoms with Gasteiger partial charge in [-0.15, -0.1) is 24.0 Å². The first-order valence-corrected chi connectivity index (χ1v) is 10.1. The zero-order chi connectivity index (χ0) is 20.1. The number of aromatic amines is 1. The van der Waals surface area contributed by atoms with E-state index in [1.54, 1.807) is 12.6 Å². The van der Waals surface area contributed by atoms with Crippen LogP contribution < -0.4 is 5.32 Å². The molecule has 0 radical (unpaired) electrons. The van der Waals surface area contributed by atoms with E-state index >= 15 is 0 Å². The number of piperidine rings is 1. The van der Waals surface area contributed by atoms with Crippen LogP contribution in [-0.2, 0) is 6.54 Å². The van der Waals surface area contributed by atoms with Crippen LogP contribution in [0.3, 0.4) is 0 Å². The number of halogens is 1. The number of hydrogen-bond donors (Lipinski definition) is 2. The van der Waals surface area contributed by atoms with Crippen LogP contribution in [-0.4, -0.2) is 50.7 Å². The normalized spacial score (nSPS) is 15.1. The van der Waals surface area contributed by atoms with Gasteiger partial charge in [0.2, 0.25) is 5.89 Å². The van der Waals surface area contributed by atoms with Crippen LogP contribution in [0.1, 0.15) is 42.8 Å². The summed E-state index contributed by atoms with van der Waals surface area (Å²) in [7, 11) is 0. The summed E-state index contributed by atoms with van der Waals surface area (Å²) in [5.41, 5.74) is 3.02. The fraction of sp³-hybridized carbons (Fsp3) is 0.429. The molecule has 9 heteroatoms. The number of benzene rings is 1. The van der Waals surface area contributed by atoms with Crippen molar-refractivity contribution in [3.05, 3.63) is 53.9 Å². The zero-order valence-corrected chi connectivity index (χ0v) is 19.7. The van der Waals surface area contributed by atoms with E-state index < -0.39 is 0 Å². The lowest BCUT2D eigenvalue weighted by atomic mass is 9.96. The highest BCUT2D eigenvalue weighted by Gasteiger charge is 2.24. The average Bonchev–Trinajstić information content (AvgIpc) is 3.44. The Morgan fingerprint density at radius 1 is 1.27 bits per heavy atom. The van der Waals surface area contributed by atoms with Gasteiger partial charge in [0.15, 0.2) is 5.96 Å². The second kappa shape index (κ2) is 10.6. The molecule has 0 atom stereocenters. The molecule has 4 rings (SSSR count). The average molecular weight is 521 g/mol. The van der Waals surface area contributed by atoms with E-state index in [4.69, 9.17) is 9.41 Å². The van der Waals surface area contributed by atoms with Gasteiger partial charge in [-0.2, -0.15) is 5.10 Å². The zero-order valence-electron chi connectivity index (χ0n) is 17.3. The molecule has 0 bridgehead atoms. The van der Waals surface area contributed by atoms with Gasteiger partial charge in [-0.1, -0.05) is 17.7 Å². The van der Waals surface area contributed by atoms with Crippen molar-refractivity contribution < 1.29 is 4.42 Å². The number of likely N-dealkylation sites (tertiary alicyclic amines) is 1. The molecule has 0 saturated carbocycles. The molecule has 1 aliphatic heterocycles. The van der Waals surface area contributed by atoms with E-state index in [0.29, 0.717) is 18.4 Å². The van der Waals surface area contributed by atoms with Gasteiger partial charge >= 0.3 is 0 Å². The summed E-state index contributed by atoms with van der Waals surface area (Å²) in [6.45, 7) is 7.34. The maximum absolute atomic E-state index is 5.65. The largest absolute Gasteiger partial charge is 0.444 e. The summed E-state index contributed by atoms with van der Waals surface area (Å²) in [6.07, 6.45) is 5.33. The van der Waals surface area contributed by atoms with Crippen molar-refractivity contribution in [2.45, 2.75) is 39.2 Å². The first-order chi connectivity index (χ1) is 14.2. The second-order valence-electron chi connectivity index (χ2n) is 7.31. The maximum atomic E-state index is 5.65. The monoisotopic (exact) mass is 521 g/mol. The SMILES string of the molecule is CCNC(=NCc1coc(-c2ccc(C)cc2)n1)N1CCC(c2ncn[nH]2)CC1.I. The lowest BCUT2D eigenvalue weighted by molar-refractivity contribution is 0.298. The lowest BCUT2D eigenvalue weighted by Crippen LogP contribution is -2.45. The number of aryl methyl sites for hydroxylation is 1. The number of rotatable bonds is 5. The first-order valence-electron chi connectivity index (χ1n) is 10.1. The molecule has 1 saturated heterocycles. The van der Waals surface area contributed by atoms with Crippen molar-refractivity contribution in [1.82, 2.24) is 30.4 Å². The fourth-order valence-electron chi connectivity index (χ4n) is 3.57. The summed E-state index contributed by atoms with van der Waals surface area (Å²) < 4.78 is 5.65. The minimum Gasteiger partial charge on any atom is -0.444 e. The molecule has 1 fully saturated rings. The summed E-state index contributed by atoms with van der Waals surface area (Å²) in [5.74, 6) is 2.97. The van der Waals surface area contributed by atoms with Crippen molar-refractivity contribution in [3.63, 3.8) is 0 Å². The number of aromatic nitrogens is 4. The van der Waals surface area contributed by atoms with E-state index in [0.717, 1.165) is 55.5 Å². The first kappa shape index (κ1) is 22.3. The minimum absolute atomic E-state index is 0. The standard InChI is InChI=1S/C21H27N7O.HI/c1-3-22-21(28-10-8-16(9-11-28)19-24-14-25-27-19)23-12-18-13-29-20(26-18)17-6-4-15(2)5-7-17;/h4-7,13-14,16H,3,8-12H2,1-2H3,(H,22,23)(H,24,25,27);1H. The molecule has 1 aliphatic rings. The minimum atomic E-state index is 0. The number of aliphatic imine (C=N–C) groups is 1. The molecule has 2 aromatic heterocycles. The molecule has 2 N–H and O–H groups in total. The molecule has 0 amide bonds. The van der Waals surface area contributed by atoms with Gasteiger partial charge in [-0.05, 0) is 38.8 Å². The molecule has 3 heterocycles. The second-order valence-corrected chi connectivity index (χ2v) is 7.31. The van der Waals surface area contributed by atoms with Crippen molar-refractivity contribution in [1.29, 1.82) is 0 Å². The Morgan fingerprint density at radius 2 is 2.03 bits per heavy atom. The summed E-state index contributed by atoms with van der Waals surface area (Å²) in [5, 5.41) is 10.4. The molecule has 8 nitrogen and oxygen atoms in total. The number of hydrogen-bond acceptors (Lipinski definition) is 5. The molecule has 0 spiro atoms. The third-order valence-electron chi connectivity index (χ3n) is 5.19. The molecule has 3 aromatic rings. The van der Waals surface area contributed by atoms with Gasteiger partial charge in [-0.25, -0.2) is 15.0 Å². The van der Waals surface area contributed by atoms with Crippen LogP contribution in [0.2, 0.25) is 0 Å². The van der Waals surface area contributed by atoms with Crippen LogP contribution in [0.4, 0.5) is 0 Å². The maximum Gasteiger partial charge on any atom is 0.226 e. The van der Waals surface area contributed by atoms with E-state index in [9.17, 15) is 0 Å². The molecule has 0 aliphatic carbocycles. The smallest absolute Gasteiger partial charge is 0.226 e. The van der Waals surface area contributed by atoms with Crippen molar-refractivity contribution in [2.24, 2.45) is 4.99 Å². The van der Waals surface area contributed by atoms with Gasteiger partial charge in [-0.3, -0.25) is 5.10 Å². The van der Waals surface area contributed by atoms with Gasteiger partial charge in [0.05, 0.1) is 6.54 Å². The molecule has 30 heavy (non-hydrogen) atoms. The lowest BCUT2D eigenvalue weighted by Gasteiger charge is -2.33.